The average Bonchev–Trinajstić information content (AvgIpc) is 2.94. The number of aliphatic imine (C=N–C) groups is 1. The van der Waals surface area contributed by atoms with E-state index in [-0.39, 0.29) is 0 Å². The molecule has 5 heteroatoms. The third-order valence-corrected chi connectivity index (χ3v) is 2.94. The maximum atomic E-state index is 4.19. The third kappa shape index (κ3) is 3.84. The highest BCUT2D eigenvalue weighted by Crippen LogP contribution is 2.05. The molecule has 5 nitrogen and oxygen atoms in total. The first-order valence-electron chi connectivity index (χ1n) is 6.27. The van der Waals surface area contributed by atoms with Crippen molar-refractivity contribution >= 4 is 5.96 Å². The Morgan fingerprint density at radius 1 is 1.21 bits per heavy atom. The molecule has 0 atom stereocenters. The second-order valence-electron chi connectivity index (χ2n) is 4.29. The van der Waals surface area contributed by atoms with E-state index < -0.39 is 0 Å². The lowest BCUT2D eigenvalue weighted by atomic mass is 10.1. The first-order valence-corrected chi connectivity index (χ1v) is 6.27. The number of nitrogens with zero attached hydrogens (tertiary/aromatic N) is 2. The van der Waals surface area contributed by atoms with Crippen molar-refractivity contribution in [2.24, 2.45) is 4.99 Å². The molecule has 2 aromatic rings. The zero-order valence-electron chi connectivity index (χ0n) is 11.3. The van der Waals surface area contributed by atoms with Crippen LogP contribution in [0.2, 0.25) is 0 Å². The van der Waals surface area contributed by atoms with Crippen LogP contribution in [0.1, 0.15) is 16.8 Å². The minimum Gasteiger partial charge on any atom is -0.352 e. The molecule has 0 saturated carbocycles. The summed E-state index contributed by atoms with van der Waals surface area (Å²) in [7, 11) is 1.76. The highest BCUT2D eigenvalue weighted by Gasteiger charge is 2.01. The van der Waals surface area contributed by atoms with Crippen molar-refractivity contribution < 1.29 is 0 Å². The molecule has 0 amide bonds. The SMILES string of the molecule is CN=C(NCc1ccn[nH]1)NCc1ccccc1C. The second-order valence-corrected chi connectivity index (χ2v) is 4.29. The quantitative estimate of drug-likeness (QED) is 0.575. The predicted octanol–water partition coefficient (Wildman–Crippen LogP) is 1.58. The molecule has 1 aromatic heterocycles. The molecule has 19 heavy (non-hydrogen) atoms. The molecule has 3 N–H and O–H groups in total. The van der Waals surface area contributed by atoms with Gasteiger partial charge in [-0.3, -0.25) is 10.1 Å². The van der Waals surface area contributed by atoms with Gasteiger partial charge >= 0.3 is 0 Å². The molecule has 2 rings (SSSR count). The van der Waals surface area contributed by atoms with Gasteiger partial charge in [-0.2, -0.15) is 5.10 Å². The van der Waals surface area contributed by atoms with Crippen LogP contribution in [0.15, 0.2) is 41.5 Å². The van der Waals surface area contributed by atoms with Crippen LogP contribution in [0.25, 0.3) is 0 Å². The molecule has 0 unspecified atom stereocenters. The van der Waals surface area contributed by atoms with Crippen LogP contribution < -0.4 is 10.6 Å². The summed E-state index contributed by atoms with van der Waals surface area (Å²) in [6.45, 7) is 3.54. The molecule has 1 aromatic carbocycles. The first kappa shape index (κ1) is 13.1. The Balaban J connectivity index is 1.85. The topological polar surface area (TPSA) is 65.1 Å². The Labute approximate surface area is 113 Å². The number of H-pyrrole nitrogens is 1. The summed E-state index contributed by atoms with van der Waals surface area (Å²) < 4.78 is 0. The molecule has 0 spiro atoms. The van der Waals surface area contributed by atoms with Gasteiger partial charge in [0.05, 0.1) is 12.2 Å². The molecule has 0 fully saturated rings. The zero-order chi connectivity index (χ0) is 13.5. The van der Waals surface area contributed by atoms with Crippen LogP contribution in [0, 0.1) is 6.92 Å². The standard InChI is InChI=1S/C14H19N5/c1-11-5-3-4-6-12(11)9-16-14(15-2)17-10-13-7-8-18-19-13/h3-8H,9-10H2,1-2H3,(H,18,19)(H2,15,16,17). The van der Waals surface area contributed by atoms with E-state index in [0.717, 1.165) is 18.2 Å². The summed E-state index contributed by atoms with van der Waals surface area (Å²) in [5, 5.41) is 13.3. The van der Waals surface area contributed by atoms with Crippen LogP contribution in [-0.4, -0.2) is 23.2 Å². The summed E-state index contributed by atoms with van der Waals surface area (Å²) in [5.41, 5.74) is 3.57. The van der Waals surface area contributed by atoms with Gasteiger partial charge in [0.1, 0.15) is 0 Å². The minimum absolute atomic E-state index is 0.674. The fourth-order valence-electron chi connectivity index (χ4n) is 1.77. The Morgan fingerprint density at radius 2 is 2.00 bits per heavy atom. The van der Waals surface area contributed by atoms with Gasteiger partial charge in [-0.1, -0.05) is 24.3 Å². The lowest BCUT2D eigenvalue weighted by Gasteiger charge is -2.12. The molecule has 0 aliphatic heterocycles. The van der Waals surface area contributed by atoms with Crippen molar-refractivity contribution in [1.29, 1.82) is 0 Å². The van der Waals surface area contributed by atoms with E-state index in [2.05, 4.69) is 44.9 Å². The van der Waals surface area contributed by atoms with E-state index in [9.17, 15) is 0 Å². The van der Waals surface area contributed by atoms with Gasteiger partial charge in [-0.25, -0.2) is 0 Å². The van der Waals surface area contributed by atoms with Crippen molar-refractivity contribution in [3.8, 4) is 0 Å². The van der Waals surface area contributed by atoms with Crippen molar-refractivity contribution in [3.63, 3.8) is 0 Å². The molecular formula is C14H19N5. The van der Waals surface area contributed by atoms with E-state index in [0.29, 0.717) is 6.54 Å². The van der Waals surface area contributed by atoms with Crippen LogP contribution in [0.4, 0.5) is 0 Å². The van der Waals surface area contributed by atoms with Crippen molar-refractivity contribution in [2.45, 2.75) is 20.0 Å². The Bertz CT molecular complexity index is 531. The average molecular weight is 257 g/mol. The van der Waals surface area contributed by atoms with Gasteiger partial charge in [0.25, 0.3) is 0 Å². The molecule has 1 heterocycles. The molecule has 100 valence electrons. The number of benzene rings is 1. The largest absolute Gasteiger partial charge is 0.352 e. The summed E-state index contributed by atoms with van der Waals surface area (Å²) in [5.74, 6) is 0.776. The fraction of sp³-hybridized carbons (Fsp3) is 0.286. The number of hydrogen-bond acceptors (Lipinski definition) is 2. The summed E-state index contributed by atoms with van der Waals surface area (Å²) >= 11 is 0. The highest BCUT2D eigenvalue weighted by molar-refractivity contribution is 5.79. The smallest absolute Gasteiger partial charge is 0.191 e. The van der Waals surface area contributed by atoms with E-state index in [1.54, 1.807) is 13.2 Å². The van der Waals surface area contributed by atoms with Gasteiger partial charge in [0.2, 0.25) is 0 Å². The number of aryl methyl sites for hydroxylation is 1. The molecule has 0 aliphatic carbocycles. The molecule has 0 bridgehead atoms. The van der Waals surface area contributed by atoms with Gasteiger partial charge in [-0.05, 0) is 24.1 Å². The van der Waals surface area contributed by atoms with Crippen molar-refractivity contribution in [2.75, 3.05) is 7.05 Å². The summed E-state index contributed by atoms with van der Waals surface area (Å²) in [6, 6.07) is 10.2. The van der Waals surface area contributed by atoms with Crippen molar-refractivity contribution in [3.05, 3.63) is 53.3 Å². The van der Waals surface area contributed by atoms with Gasteiger partial charge in [0, 0.05) is 19.8 Å². The molecule has 0 saturated heterocycles. The van der Waals surface area contributed by atoms with Gasteiger partial charge in [0.15, 0.2) is 5.96 Å². The van der Waals surface area contributed by atoms with Crippen LogP contribution in [0.5, 0.6) is 0 Å². The normalized spacial score (nSPS) is 11.4. The third-order valence-electron chi connectivity index (χ3n) is 2.94. The lowest BCUT2D eigenvalue weighted by molar-refractivity contribution is 0.788. The Kier molecular flexibility index (Phi) is 4.55. The van der Waals surface area contributed by atoms with E-state index in [1.807, 2.05) is 18.2 Å². The van der Waals surface area contributed by atoms with Crippen molar-refractivity contribution in [1.82, 2.24) is 20.8 Å². The number of hydrogen-bond donors (Lipinski definition) is 3. The zero-order valence-corrected chi connectivity index (χ0v) is 11.3. The number of aromatic amines is 1. The summed E-state index contributed by atoms with van der Waals surface area (Å²) in [4.78, 5) is 4.19. The Hall–Kier alpha value is -2.30. The number of aromatic nitrogens is 2. The Morgan fingerprint density at radius 3 is 2.68 bits per heavy atom. The molecular weight excluding hydrogens is 238 g/mol. The van der Waals surface area contributed by atoms with E-state index in [1.165, 1.54) is 11.1 Å². The maximum absolute atomic E-state index is 4.19. The second kappa shape index (κ2) is 6.58. The monoisotopic (exact) mass is 257 g/mol. The number of guanidine groups is 1. The van der Waals surface area contributed by atoms with Crippen LogP contribution >= 0.6 is 0 Å². The lowest BCUT2D eigenvalue weighted by Crippen LogP contribution is -2.36. The predicted molar refractivity (Wildman–Crippen MR) is 76.8 cm³/mol. The molecule has 0 radical (unpaired) electrons. The van der Waals surface area contributed by atoms with Crippen LogP contribution in [-0.2, 0) is 13.1 Å². The maximum Gasteiger partial charge on any atom is 0.191 e. The highest BCUT2D eigenvalue weighted by atomic mass is 15.2. The molecule has 0 aliphatic rings. The van der Waals surface area contributed by atoms with E-state index >= 15 is 0 Å². The number of nitrogens with one attached hydrogen (secondary N) is 3. The van der Waals surface area contributed by atoms with Gasteiger partial charge in [-0.15, -0.1) is 0 Å². The minimum atomic E-state index is 0.674. The van der Waals surface area contributed by atoms with Crippen LogP contribution in [0.3, 0.4) is 0 Å². The van der Waals surface area contributed by atoms with Gasteiger partial charge < -0.3 is 10.6 Å². The van der Waals surface area contributed by atoms with E-state index in [4.69, 9.17) is 0 Å². The summed E-state index contributed by atoms with van der Waals surface area (Å²) in [6.07, 6.45) is 1.74. The fourth-order valence-corrected chi connectivity index (χ4v) is 1.77. The number of rotatable bonds is 4. The first-order chi connectivity index (χ1) is 9.29.